The third-order valence-corrected chi connectivity index (χ3v) is 4.18. The predicted molar refractivity (Wildman–Crippen MR) is 108 cm³/mol. The van der Waals surface area contributed by atoms with Crippen molar-refractivity contribution in [2.75, 3.05) is 0 Å². The summed E-state index contributed by atoms with van der Waals surface area (Å²) >= 11 is 0. The average Bonchev–Trinajstić information content (AvgIpc) is 2.62. The van der Waals surface area contributed by atoms with Crippen LogP contribution in [-0.2, 0) is 0 Å². The lowest BCUT2D eigenvalue weighted by Crippen LogP contribution is -1.89. The molecular formula is C24H25F5. The highest BCUT2D eigenvalue weighted by molar-refractivity contribution is 5.24. The fourth-order valence-corrected chi connectivity index (χ4v) is 2.24. The lowest BCUT2D eigenvalue weighted by atomic mass is 10.1. The standard InChI is InChI=1S/2C8H8F2.C8H9F/c2*1-5-3-7(9)6(2)8(10)4-5;1-6-3-4-7(2)8(9)5-6/h2*3-4H,1-2H3;3-5H,1-2H3. The summed E-state index contributed by atoms with van der Waals surface area (Å²) < 4.78 is 63.0. The Morgan fingerprint density at radius 1 is 0.414 bits per heavy atom. The molecule has 0 saturated heterocycles. The molecule has 0 aliphatic rings. The topological polar surface area (TPSA) is 0 Å². The van der Waals surface area contributed by atoms with E-state index in [1.807, 2.05) is 13.0 Å². The van der Waals surface area contributed by atoms with E-state index in [1.165, 1.54) is 44.2 Å². The van der Waals surface area contributed by atoms with Crippen molar-refractivity contribution in [3.63, 3.8) is 0 Å². The molecule has 0 aromatic heterocycles. The summed E-state index contributed by atoms with van der Waals surface area (Å²) in [5, 5.41) is 0. The second kappa shape index (κ2) is 10.7. The third kappa shape index (κ3) is 7.68. The van der Waals surface area contributed by atoms with Gasteiger partial charge < -0.3 is 0 Å². The molecule has 0 amide bonds. The first-order chi connectivity index (χ1) is 13.4. The van der Waals surface area contributed by atoms with Gasteiger partial charge in [-0.3, -0.25) is 0 Å². The number of benzene rings is 3. The Kier molecular flexibility index (Phi) is 9.02. The van der Waals surface area contributed by atoms with E-state index in [2.05, 4.69) is 0 Å². The molecule has 0 heterocycles. The number of hydrogen-bond donors (Lipinski definition) is 0. The highest BCUT2D eigenvalue weighted by Crippen LogP contribution is 2.13. The number of halogens is 5. The zero-order valence-electron chi connectivity index (χ0n) is 17.4. The van der Waals surface area contributed by atoms with Gasteiger partial charge in [0.25, 0.3) is 0 Å². The van der Waals surface area contributed by atoms with Crippen LogP contribution in [0.2, 0.25) is 0 Å². The SMILES string of the molecule is Cc1cc(F)c(C)c(F)c1.Cc1cc(F)c(C)c(F)c1.Cc1ccc(C)c(F)c1. The maximum Gasteiger partial charge on any atom is 0.129 e. The van der Waals surface area contributed by atoms with E-state index in [4.69, 9.17) is 0 Å². The van der Waals surface area contributed by atoms with Crippen molar-refractivity contribution < 1.29 is 22.0 Å². The van der Waals surface area contributed by atoms with Crippen molar-refractivity contribution in [2.45, 2.75) is 41.5 Å². The summed E-state index contributed by atoms with van der Waals surface area (Å²) in [4.78, 5) is 0. The summed E-state index contributed by atoms with van der Waals surface area (Å²) in [5.74, 6) is -2.01. The Morgan fingerprint density at radius 2 is 0.724 bits per heavy atom. The molecule has 0 saturated carbocycles. The van der Waals surface area contributed by atoms with Crippen LogP contribution in [0.3, 0.4) is 0 Å². The lowest BCUT2D eigenvalue weighted by molar-refractivity contribution is 0.565. The first kappa shape index (κ1) is 24.3. The van der Waals surface area contributed by atoms with Crippen LogP contribution in [0.15, 0.2) is 42.5 Å². The van der Waals surface area contributed by atoms with Gasteiger partial charge >= 0.3 is 0 Å². The van der Waals surface area contributed by atoms with Gasteiger partial charge in [-0.1, -0.05) is 12.1 Å². The monoisotopic (exact) mass is 408 g/mol. The minimum atomic E-state index is -0.475. The van der Waals surface area contributed by atoms with Crippen molar-refractivity contribution in [3.8, 4) is 0 Å². The van der Waals surface area contributed by atoms with E-state index in [-0.39, 0.29) is 16.9 Å². The first-order valence-electron chi connectivity index (χ1n) is 8.99. The summed E-state index contributed by atoms with van der Waals surface area (Å²) in [6.45, 7) is 9.79. The van der Waals surface area contributed by atoms with Crippen LogP contribution < -0.4 is 0 Å². The Bertz CT molecular complexity index is 875. The van der Waals surface area contributed by atoms with Gasteiger partial charge in [-0.15, -0.1) is 0 Å². The minimum absolute atomic E-state index is 0.0885. The fraction of sp³-hybridized carbons (Fsp3) is 0.250. The fourth-order valence-electron chi connectivity index (χ4n) is 2.24. The smallest absolute Gasteiger partial charge is 0.129 e. The first-order valence-corrected chi connectivity index (χ1v) is 8.99. The summed E-state index contributed by atoms with van der Waals surface area (Å²) in [6.07, 6.45) is 0. The highest BCUT2D eigenvalue weighted by atomic mass is 19.1. The Balaban J connectivity index is 0.000000218. The van der Waals surface area contributed by atoms with Crippen LogP contribution in [0.1, 0.15) is 33.4 Å². The zero-order valence-corrected chi connectivity index (χ0v) is 17.4. The van der Waals surface area contributed by atoms with Gasteiger partial charge in [0.1, 0.15) is 29.1 Å². The van der Waals surface area contributed by atoms with Crippen LogP contribution in [0.25, 0.3) is 0 Å². The molecule has 0 fully saturated rings. The average molecular weight is 408 g/mol. The van der Waals surface area contributed by atoms with E-state index in [0.29, 0.717) is 16.7 Å². The van der Waals surface area contributed by atoms with Gasteiger partial charge in [0.15, 0.2) is 0 Å². The molecule has 3 rings (SSSR count). The van der Waals surface area contributed by atoms with Crippen molar-refractivity contribution in [3.05, 3.63) is 105 Å². The van der Waals surface area contributed by atoms with Crippen molar-refractivity contribution in [1.82, 2.24) is 0 Å². The largest absolute Gasteiger partial charge is 0.207 e. The summed E-state index contributed by atoms with van der Waals surface area (Å²) in [7, 11) is 0. The highest BCUT2D eigenvalue weighted by Gasteiger charge is 2.03. The zero-order chi connectivity index (χ0) is 22.3. The van der Waals surface area contributed by atoms with Crippen LogP contribution in [0.5, 0.6) is 0 Å². The van der Waals surface area contributed by atoms with Crippen LogP contribution >= 0.6 is 0 Å². The number of aryl methyl sites for hydroxylation is 4. The van der Waals surface area contributed by atoms with Gasteiger partial charge in [0.2, 0.25) is 0 Å². The molecule has 0 spiro atoms. The van der Waals surface area contributed by atoms with Crippen LogP contribution in [0.4, 0.5) is 22.0 Å². The Labute approximate surface area is 169 Å². The van der Waals surface area contributed by atoms with E-state index in [9.17, 15) is 22.0 Å². The molecule has 0 radical (unpaired) electrons. The van der Waals surface area contributed by atoms with Gasteiger partial charge in [-0.25, -0.2) is 22.0 Å². The normalized spacial score (nSPS) is 9.90. The molecule has 0 unspecified atom stereocenters. The predicted octanol–water partition coefficient (Wildman–Crippen LogP) is 7.61. The van der Waals surface area contributed by atoms with Gasteiger partial charge in [-0.05, 0) is 94.1 Å². The van der Waals surface area contributed by atoms with Crippen molar-refractivity contribution in [1.29, 1.82) is 0 Å². The van der Waals surface area contributed by atoms with E-state index in [0.717, 1.165) is 5.56 Å². The minimum Gasteiger partial charge on any atom is -0.207 e. The van der Waals surface area contributed by atoms with Gasteiger partial charge in [-0.2, -0.15) is 0 Å². The van der Waals surface area contributed by atoms with Crippen molar-refractivity contribution in [2.24, 2.45) is 0 Å². The number of rotatable bonds is 0. The Morgan fingerprint density at radius 3 is 1.00 bits per heavy atom. The quantitative estimate of drug-likeness (QED) is 0.336. The van der Waals surface area contributed by atoms with E-state index < -0.39 is 23.3 Å². The van der Waals surface area contributed by atoms with Crippen molar-refractivity contribution >= 4 is 0 Å². The molecule has 29 heavy (non-hydrogen) atoms. The summed E-state index contributed by atoms with van der Waals surface area (Å²) in [5.41, 5.74) is 3.08. The molecule has 0 nitrogen and oxygen atoms in total. The second-order valence-corrected chi connectivity index (χ2v) is 6.96. The molecule has 156 valence electrons. The lowest BCUT2D eigenvalue weighted by Gasteiger charge is -1.98. The molecule has 0 aliphatic heterocycles. The molecule has 0 aliphatic carbocycles. The van der Waals surface area contributed by atoms with Crippen LogP contribution in [-0.4, -0.2) is 0 Å². The molecule has 0 atom stereocenters. The molecule has 5 heteroatoms. The molecule has 3 aromatic rings. The van der Waals surface area contributed by atoms with E-state index >= 15 is 0 Å². The number of hydrogen-bond acceptors (Lipinski definition) is 0. The maximum atomic E-state index is 12.6. The maximum absolute atomic E-state index is 12.6. The summed E-state index contributed by atoms with van der Waals surface area (Å²) in [6, 6.07) is 10.5. The molecule has 0 bridgehead atoms. The molecule has 0 N–H and O–H groups in total. The third-order valence-electron chi connectivity index (χ3n) is 4.18. The Hall–Kier alpha value is -2.69. The van der Waals surface area contributed by atoms with Gasteiger partial charge in [0.05, 0.1) is 0 Å². The molecule has 3 aromatic carbocycles. The van der Waals surface area contributed by atoms with Crippen LogP contribution in [0, 0.1) is 70.6 Å². The molecular weight excluding hydrogens is 383 g/mol. The van der Waals surface area contributed by atoms with E-state index in [1.54, 1.807) is 26.8 Å². The van der Waals surface area contributed by atoms with Gasteiger partial charge in [0, 0.05) is 11.1 Å². The second-order valence-electron chi connectivity index (χ2n) is 6.96.